The van der Waals surface area contributed by atoms with Crippen molar-refractivity contribution in [3.8, 4) is 0 Å². The monoisotopic (exact) mass is 216 g/mol. The predicted octanol–water partition coefficient (Wildman–Crippen LogP) is 4.89. The molecule has 2 rings (SSSR count). The first-order valence-electron chi connectivity index (χ1n) is 6.48. The van der Waals surface area contributed by atoms with Crippen LogP contribution in [-0.4, -0.2) is 0 Å². The van der Waals surface area contributed by atoms with Crippen molar-refractivity contribution in [2.24, 2.45) is 17.3 Å². The van der Waals surface area contributed by atoms with Gasteiger partial charge in [-0.1, -0.05) is 49.3 Å². The van der Waals surface area contributed by atoms with E-state index in [1.54, 1.807) is 5.57 Å². The van der Waals surface area contributed by atoms with Gasteiger partial charge >= 0.3 is 0 Å². The van der Waals surface area contributed by atoms with Gasteiger partial charge in [-0.25, -0.2) is 0 Å². The molecule has 0 aromatic heterocycles. The van der Waals surface area contributed by atoms with Crippen molar-refractivity contribution in [2.75, 3.05) is 0 Å². The molecule has 0 N–H and O–H groups in total. The van der Waals surface area contributed by atoms with Gasteiger partial charge in [0.1, 0.15) is 0 Å². The Balaban J connectivity index is 2.29. The van der Waals surface area contributed by atoms with Gasteiger partial charge in [-0.05, 0) is 50.4 Å². The molecule has 0 saturated heterocycles. The van der Waals surface area contributed by atoms with Gasteiger partial charge in [-0.15, -0.1) is 0 Å². The molecule has 0 unspecified atom stereocenters. The van der Waals surface area contributed by atoms with E-state index in [1.165, 1.54) is 30.4 Å². The van der Waals surface area contributed by atoms with Gasteiger partial charge in [-0.2, -0.15) is 0 Å². The summed E-state index contributed by atoms with van der Waals surface area (Å²) in [6.45, 7) is 13.4. The zero-order chi connectivity index (χ0) is 11.9. The fourth-order valence-electron chi connectivity index (χ4n) is 3.40. The summed E-state index contributed by atoms with van der Waals surface area (Å²) >= 11 is 0. The molecule has 0 amide bonds. The lowest BCUT2D eigenvalue weighted by atomic mass is 9.58. The van der Waals surface area contributed by atoms with E-state index < -0.39 is 0 Å². The van der Waals surface area contributed by atoms with E-state index in [2.05, 4.69) is 46.4 Å². The number of hydrogen-bond acceptors (Lipinski definition) is 0. The second kappa shape index (κ2) is 3.91. The molecule has 0 aromatic rings. The number of rotatable bonds is 1. The van der Waals surface area contributed by atoms with Crippen molar-refractivity contribution >= 4 is 0 Å². The summed E-state index contributed by atoms with van der Waals surface area (Å²) < 4.78 is 0. The molecule has 1 saturated carbocycles. The average molecular weight is 216 g/mol. The molecule has 0 aromatic carbocycles. The van der Waals surface area contributed by atoms with E-state index in [4.69, 9.17) is 0 Å². The van der Waals surface area contributed by atoms with Crippen LogP contribution in [0.25, 0.3) is 0 Å². The molecule has 0 spiro atoms. The van der Waals surface area contributed by atoms with E-state index in [0.717, 1.165) is 5.92 Å². The quantitative estimate of drug-likeness (QED) is 0.547. The Kier molecular flexibility index (Phi) is 2.86. The molecule has 0 nitrogen and oxygen atoms in total. The highest BCUT2D eigenvalue weighted by atomic mass is 14.4. The highest BCUT2D eigenvalue weighted by Crippen LogP contribution is 2.52. The van der Waals surface area contributed by atoms with Gasteiger partial charge in [0.25, 0.3) is 0 Å². The Morgan fingerprint density at radius 1 is 1.50 bits per heavy atom. The standard InChI is InChI=1S/C16H24/c1-11(2)14-6-7-15-9-12(3)8-13(4)16(15,5)10-14/h8-9,13-14H,1,6-7,10H2,2-5H3/t13-,14-,16+/m1/s1. The summed E-state index contributed by atoms with van der Waals surface area (Å²) in [7, 11) is 0. The minimum Gasteiger partial charge on any atom is -0.0999 e. The van der Waals surface area contributed by atoms with Crippen LogP contribution in [0, 0.1) is 17.3 Å². The van der Waals surface area contributed by atoms with Crippen LogP contribution in [0.1, 0.15) is 47.0 Å². The summed E-state index contributed by atoms with van der Waals surface area (Å²) in [6, 6.07) is 0. The first-order chi connectivity index (χ1) is 7.43. The predicted molar refractivity (Wildman–Crippen MR) is 71.3 cm³/mol. The maximum Gasteiger partial charge on any atom is -0.00472 e. The molecule has 0 bridgehead atoms. The molecule has 88 valence electrons. The van der Waals surface area contributed by atoms with Gasteiger partial charge in [0.2, 0.25) is 0 Å². The molecule has 0 heterocycles. The molecule has 3 atom stereocenters. The normalized spacial score (nSPS) is 38.5. The van der Waals surface area contributed by atoms with Crippen LogP contribution >= 0.6 is 0 Å². The summed E-state index contributed by atoms with van der Waals surface area (Å²) in [5.74, 6) is 1.41. The van der Waals surface area contributed by atoms with Crippen LogP contribution in [0.3, 0.4) is 0 Å². The third-order valence-corrected chi connectivity index (χ3v) is 4.78. The van der Waals surface area contributed by atoms with Gasteiger partial charge in [0, 0.05) is 0 Å². The highest BCUT2D eigenvalue weighted by molar-refractivity contribution is 5.35. The Morgan fingerprint density at radius 3 is 2.81 bits per heavy atom. The van der Waals surface area contributed by atoms with Crippen molar-refractivity contribution in [3.63, 3.8) is 0 Å². The SMILES string of the molecule is C=C(C)[C@@H]1CCC2=CC(C)=C[C@@H](C)[C@]2(C)C1. The van der Waals surface area contributed by atoms with E-state index >= 15 is 0 Å². The summed E-state index contributed by atoms with van der Waals surface area (Å²) in [4.78, 5) is 0. The van der Waals surface area contributed by atoms with Crippen molar-refractivity contribution in [1.82, 2.24) is 0 Å². The minimum atomic E-state index is 0.390. The first-order valence-corrected chi connectivity index (χ1v) is 6.48. The topological polar surface area (TPSA) is 0 Å². The van der Waals surface area contributed by atoms with Crippen LogP contribution < -0.4 is 0 Å². The zero-order valence-electron chi connectivity index (χ0n) is 11.1. The first kappa shape index (κ1) is 11.7. The van der Waals surface area contributed by atoms with Crippen LogP contribution in [0.15, 0.2) is 35.5 Å². The molecule has 2 aliphatic rings. The zero-order valence-corrected chi connectivity index (χ0v) is 11.1. The second-order valence-corrected chi connectivity index (χ2v) is 6.07. The number of hydrogen-bond donors (Lipinski definition) is 0. The lowest BCUT2D eigenvalue weighted by molar-refractivity contribution is 0.195. The molecule has 16 heavy (non-hydrogen) atoms. The van der Waals surface area contributed by atoms with Gasteiger partial charge in [-0.3, -0.25) is 0 Å². The summed E-state index contributed by atoms with van der Waals surface area (Å²) in [5.41, 5.74) is 4.89. The second-order valence-electron chi connectivity index (χ2n) is 6.07. The third kappa shape index (κ3) is 1.79. The number of allylic oxidation sites excluding steroid dienone is 5. The van der Waals surface area contributed by atoms with Gasteiger partial charge in [0.05, 0.1) is 0 Å². The van der Waals surface area contributed by atoms with Gasteiger partial charge in [0.15, 0.2) is 0 Å². The van der Waals surface area contributed by atoms with Crippen LogP contribution in [0.5, 0.6) is 0 Å². The molecule has 2 aliphatic carbocycles. The molecule has 0 aliphatic heterocycles. The van der Waals surface area contributed by atoms with Crippen LogP contribution in [0.2, 0.25) is 0 Å². The molecule has 1 fully saturated rings. The largest absolute Gasteiger partial charge is 0.0999 e. The lowest BCUT2D eigenvalue weighted by Gasteiger charge is -2.46. The van der Waals surface area contributed by atoms with Crippen molar-refractivity contribution in [3.05, 3.63) is 35.5 Å². The molecular formula is C16H24. The highest BCUT2D eigenvalue weighted by Gasteiger charge is 2.40. The Hall–Kier alpha value is -0.780. The van der Waals surface area contributed by atoms with Crippen molar-refractivity contribution < 1.29 is 0 Å². The van der Waals surface area contributed by atoms with Crippen LogP contribution in [0.4, 0.5) is 0 Å². The van der Waals surface area contributed by atoms with Crippen LogP contribution in [-0.2, 0) is 0 Å². The van der Waals surface area contributed by atoms with E-state index in [1.807, 2.05) is 0 Å². The average Bonchev–Trinajstić information content (AvgIpc) is 2.19. The molecule has 0 radical (unpaired) electrons. The Labute approximate surface area is 100 Å². The third-order valence-electron chi connectivity index (χ3n) is 4.78. The Bertz CT molecular complexity index is 369. The summed E-state index contributed by atoms with van der Waals surface area (Å²) in [5, 5.41) is 0. The fraction of sp³-hybridized carbons (Fsp3) is 0.625. The van der Waals surface area contributed by atoms with E-state index in [-0.39, 0.29) is 0 Å². The van der Waals surface area contributed by atoms with Gasteiger partial charge < -0.3 is 0 Å². The lowest BCUT2D eigenvalue weighted by Crippen LogP contribution is -2.35. The molecular weight excluding hydrogens is 192 g/mol. The minimum absolute atomic E-state index is 0.390. The Morgan fingerprint density at radius 2 is 2.19 bits per heavy atom. The fourth-order valence-corrected chi connectivity index (χ4v) is 3.40. The molecule has 0 heteroatoms. The van der Waals surface area contributed by atoms with Crippen molar-refractivity contribution in [1.29, 1.82) is 0 Å². The number of fused-ring (bicyclic) bond motifs is 1. The van der Waals surface area contributed by atoms with Crippen molar-refractivity contribution in [2.45, 2.75) is 47.0 Å². The van der Waals surface area contributed by atoms with E-state index in [0.29, 0.717) is 11.3 Å². The maximum atomic E-state index is 4.15. The smallest absolute Gasteiger partial charge is 0.00472 e. The van der Waals surface area contributed by atoms with E-state index in [9.17, 15) is 0 Å². The maximum absolute atomic E-state index is 4.15. The summed E-state index contributed by atoms with van der Waals surface area (Å²) in [6.07, 6.45) is 8.72.